The third kappa shape index (κ3) is 3.55. The molecule has 1 heterocycles. The second-order valence-electron chi connectivity index (χ2n) is 7.19. The summed E-state index contributed by atoms with van der Waals surface area (Å²) in [6.07, 6.45) is 9.81. The van der Waals surface area contributed by atoms with Gasteiger partial charge >= 0.3 is 0 Å². The first-order chi connectivity index (χ1) is 10.6. The Kier molecular flexibility index (Phi) is 4.87. The van der Waals surface area contributed by atoms with Crippen LogP contribution >= 0.6 is 0 Å². The SMILES string of the molecule is CC(CC1Cc2ccccc2N(C(C)C)C1)OC1CC=CC1. The van der Waals surface area contributed by atoms with Gasteiger partial charge in [0.25, 0.3) is 0 Å². The Morgan fingerprint density at radius 1 is 1.14 bits per heavy atom. The van der Waals surface area contributed by atoms with E-state index in [0.29, 0.717) is 24.2 Å². The topological polar surface area (TPSA) is 12.5 Å². The van der Waals surface area contributed by atoms with E-state index in [1.807, 2.05) is 0 Å². The first kappa shape index (κ1) is 15.6. The zero-order chi connectivity index (χ0) is 15.5. The van der Waals surface area contributed by atoms with Crippen molar-refractivity contribution in [1.29, 1.82) is 0 Å². The number of rotatable bonds is 5. The molecule has 0 N–H and O–H groups in total. The third-order valence-corrected chi connectivity index (χ3v) is 4.94. The lowest BCUT2D eigenvalue weighted by Crippen LogP contribution is -2.41. The Balaban J connectivity index is 1.63. The molecular weight excluding hydrogens is 270 g/mol. The van der Waals surface area contributed by atoms with Crippen LogP contribution in [0.25, 0.3) is 0 Å². The fourth-order valence-electron chi connectivity index (χ4n) is 3.92. The number of para-hydroxylation sites is 1. The molecule has 2 unspecified atom stereocenters. The highest BCUT2D eigenvalue weighted by Crippen LogP contribution is 2.33. The van der Waals surface area contributed by atoms with E-state index in [1.165, 1.54) is 17.7 Å². The fraction of sp³-hybridized carbons (Fsp3) is 0.600. The van der Waals surface area contributed by atoms with E-state index in [4.69, 9.17) is 4.74 Å². The maximum Gasteiger partial charge on any atom is 0.0647 e. The van der Waals surface area contributed by atoms with Crippen LogP contribution in [0.15, 0.2) is 36.4 Å². The molecule has 2 aliphatic rings. The Hall–Kier alpha value is -1.28. The van der Waals surface area contributed by atoms with Gasteiger partial charge in [-0.25, -0.2) is 0 Å². The van der Waals surface area contributed by atoms with E-state index < -0.39 is 0 Å². The summed E-state index contributed by atoms with van der Waals surface area (Å²) in [6, 6.07) is 9.45. The maximum absolute atomic E-state index is 6.22. The van der Waals surface area contributed by atoms with Crippen LogP contribution in [-0.2, 0) is 11.2 Å². The Labute approximate surface area is 135 Å². The molecule has 0 amide bonds. The predicted molar refractivity (Wildman–Crippen MR) is 93.4 cm³/mol. The molecule has 0 radical (unpaired) electrons. The van der Waals surface area contributed by atoms with Crippen molar-refractivity contribution < 1.29 is 4.74 Å². The molecule has 0 saturated heterocycles. The first-order valence-corrected chi connectivity index (χ1v) is 8.78. The second kappa shape index (κ2) is 6.87. The predicted octanol–water partition coefficient (Wildman–Crippen LogP) is 4.59. The van der Waals surface area contributed by atoms with Crippen molar-refractivity contribution in [2.75, 3.05) is 11.4 Å². The average molecular weight is 299 g/mol. The summed E-state index contributed by atoms with van der Waals surface area (Å²) in [5, 5.41) is 0. The van der Waals surface area contributed by atoms with E-state index in [0.717, 1.165) is 25.8 Å². The molecule has 1 aliphatic heterocycles. The lowest BCUT2D eigenvalue weighted by Gasteiger charge is -2.39. The number of ether oxygens (including phenoxy) is 1. The van der Waals surface area contributed by atoms with E-state index in [-0.39, 0.29) is 0 Å². The Morgan fingerprint density at radius 3 is 2.59 bits per heavy atom. The molecule has 1 aromatic rings. The summed E-state index contributed by atoms with van der Waals surface area (Å²) in [7, 11) is 0. The molecule has 0 aromatic heterocycles. The van der Waals surface area contributed by atoms with Gasteiger partial charge in [0.2, 0.25) is 0 Å². The van der Waals surface area contributed by atoms with E-state index >= 15 is 0 Å². The van der Waals surface area contributed by atoms with Crippen LogP contribution in [0.1, 0.15) is 45.6 Å². The molecule has 3 rings (SSSR count). The highest BCUT2D eigenvalue weighted by molar-refractivity contribution is 5.56. The summed E-state index contributed by atoms with van der Waals surface area (Å²) in [4.78, 5) is 2.56. The van der Waals surface area contributed by atoms with Crippen molar-refractivity contribution in [3.8, 4) is 0 Å². The van der Waals surface area contributed by atoms with Crippen LogP contribution < -0.4 is 4.90 Å². The van der Waals surface area contributed by atoms with Gasteiger partial charge in [0.1, 0.15) is 0 Å². The highest BCUT2D eigenvalue weighted by atomic mass is 16.5. The molecule has 0 spiro atoms. The number of hydrogen-bond donors (Lipinski definition) is 0. The van der Waals surface area contributed by atoms with Crippen LogP contribution in [-0.4, -0.2) is 24.8 Å². The van der Waals surface area contributed by atoms with Gasteiger partial charge in [-0.2, -0.15) is 0 Å². The van der Waals surface area contributed by atoms with Gasteiger partial charge < -0.3 is 9.64 Å². The summed E-state index contributed by atoms with van der Waals surface area (Å²) >= 11 is 0. The van der Waals surface area contributed by atoms with Gasteiger partial charge in [-0.15, -0.1) is 0 Å². The van der Waals surface area contributed by atoms with Crippen molar-refractivity contribution in [2.45, 2.75) is 64.7 Å². The molecule has 2 nitrogen and oxygen atoms in total. The van der Waals surface area contributed by atoms with Gasteiger partial charge in [-0.05, 0) is 64.0 Å². The van der Waals surface area contributed by atoms with Crippen molar-refractivity contribution in [3.63, 3.8) is 0 Å². The molecule has 0 bridgehead atoms. The number of nitrogens with zero attached hydrogens (tertiary/aromatic N) is 1. The van der Waals surface area contributed by atoms with Gasteiger partial charge in [-0.1, -0.05) is 30.4 Å². The molecule has 2 heteroatoms. The van der Waals surface area contributed by atoms with E-state index in [9.17, 15) is 0 Å². The van der Waals surface area contributed by atoms with Crippen LogP contribution in [0.5, 0.6) is 0 Å². The smallest absolute Gasteiger partial charge is 0.0647 e. The number of fused-ring (bicyclic) bond motifs is 1. The number of anilines is 1. The summed E-state index contributed by atoms with van der Waals surface area (Å²) < 4.78 is 6.22. The molecule has 22 heavy (non-hydrogen) atoms. The normalized spacial score (nSPS) is 23.1. The molecule has 120 valence electrons. The molecule has 0 fully saturated rings. The summed E-state index contributed by atoms with van der Waals surface area (Å²) in [6.45, 7) is 8.00. The molecule has 1 aliphatic carbocycles. The zero-order valence-corrected chi connectivity index (χ0v) is 14.2. The minimum atomic E-state index is 0.356. The molecule has 2 atom stereocenters. The van der Waals surface area contributed by atoms with E-state index in [2.05, 4.69) is 62.1 Å². The van der Waals surface area contributed by atoms with Gasteiger partial charge in [-0.3, -0.25) is 0 Å². The van der Waals surface area contributed by atoms with Gasteiger partial charge in [0.05, 0.1) is 12.2 Å². The second-order valence-corrected chi connectivity index (χ2v) is 7.19. The maximum atomic E-state index is 6.22. The zero-order valence-electron chi connectivity index (χ0n) is 14.2. The van der Waals surface area contributed by atoms with Crippen LogP contribution in [0, 0.1) is 5.92 Å². The van der Waals surface area contributed by atoms with Crippen molar-refractivity contribution in [2.24, 2.45) is 5.92 Å². The lowest BCUT2D eigenvalue weighted by atomic mass is 9.88. The first-order valence-electron chi connectivity index (χ1n) is 8.78. The molecule has 0 saturated carbocycles. The Morgan fingerprint density at radius 2 is 1.86 bits per heavy atom. The van der Waals surface area contributed by atoms with Crippen molar-refractivity contribution in [3.05, 3.63) is 42.0 Å². The highest BCUT2D eigenvalue weighted by Gasteiger charge is 2.27. The van der Waals surface area contributed by atoms with Gasteiger partial charge in [0, 0.05) is 18.3 Å². The number of benzene rings is 1. The summed E-state index contributed by atoms with van der Waals surface area (Å²) in [5.74, 6) is 0.696. The van der Waals surface area contributed by atoms with Crippen LogP contribution in [0.3, 0.4) is 0 Å². The monoisotopic (exact) mass is 299 g/mol. The Bertz CT molecular complexity index is 514. The molecule has 1 aromatic carbocycles. The largest absolute Gasteiger partial charge is 0.375 e. The van der Waals surface area contributed by atoms with E-state index in [1.54, 1.807) is 0 Å². The van der Waals surface area contributed by atoms with Crippen molar-refractivity contribution in [1.82, 2.24) is 0 Å². The molecular formula is C20H29NO. The van der Waals surface area contributed by atoms with Crippen LogP contribution in [0.4, 0.5) is 5.69 Å². The van der Waals surface area contributed by atoms with Crippen LogP contribution in [0.2, 0.25) is 0 Å². The standard InChI is InChI=1S/C20H29NO/c1-15(2)21-14-17(13-18-8-4-7-11-20(18)21)12-16(3)22-19-9-5-6-10-19/h4-8,11,15-17,19H,9-10,12-14H2,1-3H3. The third-order valence-electron chi connectivity index (χ3n) is 4.94. The van der Waals surface area contributed by atoms with Gasteiger partial charge in [0.15, 0.2) is 0 Å². The number of hydrogen-bond acceptors (Lipinski definition) is 2. The lowest BCUT2D eigenvalue weighted by molar-refractivity contribution is -0.00671. The fourth-order valence-corrected chi connectivity index (χ4v) is 3.92. The van der Waals surface area contributed by atoms with Crippen molar-refractivity contribution >= 4 is 5.69 Å². The minimum Gasteiger partial charge on any atom is -0.375 e. The minimum absolute atomic E-state index is 0.356. The average Bonchev–Trinajstić information content (AvgIpc) is 2.99. The quantitative estimate of drug-likeness (QED) is 0.737. The summed E-state index contributed by atoms with van der Waals surface area (Å²) in [5.41, 5.74) is 2.93.